The molecule has 0 bridgehead atoms. The molecule has 1 N–H and O–H groups in total. The van der Waals surface area contributed by atoms with Gasteiger partial charge in [-0.15, -0.1) is 0 Å². The third-order valence-corrected chi connectivity index (χ3v) is 9.48. The van der Waals surface area contributed by atoms with Crippen molar-refractivity contribution in [3.05, 3.63) is 112 Å². The molecule has 1 saturated carbocycles. The number of benzene rings is 3. The van der Waals surface area contributed by atoms with Crippen molar-refractivity contribution in [3.63, 3.8) is 0 Å². The van der Waals surface area contributed by atoms with Gasteiger partial charge in [-0.1, -0.05) is 78.3 Å². The van der Waals surface area contributed by atoms with Crippen LogP contribution in [0.4, 0.5) is 0 Å². The second kappa shape index (κ2) is 14.1. The molecular formula is C35H35ClNNaO3S. The molecule has 4 aromatic rings. The zero-order chi connectivity index (χ0) is 34.0. The van der Waals surface area contributed by atoms with E-state index in [0.29, 0.717) is 29.2 Å². The van der Waals surface area contributed by atoms with Crippen molar-refractivity contribution in [2.45, 2.75) is 56.7 Å². The molecule has 1 fully saturated rings. The van der Waals surface area contributed by atoms with Crippen molar-refractivity contribution in [2.24, 2.45) is 5.41 Å². The molecule has 7 heteroatoms. The quantitative estimate of drug-likeness (QED) is 0.236. The van der Waals surface area contributed by atoms with Gasteiger partial charge in [-0.2, -0.15) is 11.8 Å². The molecule has 1 aliphatic carbocycles. The number of carboxylic acids is 1. The van der Waals surface area contributed by atoms with E-state index in [1.54, 1.807) is 23.9 Å². The van der Waals surface area contributed by atoms with Crippen LogP contribution in [0.1, 0.15) is 80.8 Å². The Morgan fingerprint density at radius 1 is 1.12 bits per heavy atom. The van der Waals surface area contributed by atoms with Crippen LogP contribution in [0.25, 0.3) is 23.1 Å². The van der Waals surface area contributed by atoms with Gasteiger partial charge < -0.3 is 15.0 Å². The zero-order valence-electron chi connectivity index (χ0n) is 29.5. The number of halogens is 1. The minimum absolute atomic E-state index is 0. The van der Waals surface area contributed by atoms with E-state index in [1.165, 1.54) is 12.1 Å². The zero-order valence-corrected chi connectivity index (χ0v) is 27.0. The molecule has 1 aliphatic rings. The number of aliphatic carboxylic acids is 1. The number of carboxylic acid groups (broad SMARTS) is 1. The predicted octanol–water partition coefficient (Wildman–Crippen LogP) is 4.62. The number of hydrogen-bond donors (Lipinski definition) is 1. The molecule has 0 radical (unpaired) electrons. The summed E-state index contributed by atoms with van der Waals surface area (Å²) in [6, 6.07) is 23.7. The Balaban J connectivity index is 0.00000520. The smallest absolute Gasteiger partial charge is 0.550 e. The van der Waals surface area contributed by atoms with Gasteiger partial charge >= 0.3 is 29.6 Å². The fraction of sp³-hybridized carbons (Fsp3) is 0.314. The Kier molecular flexibility index (Phi) is 8.48. The molecule has 3 aromatic carbocycles. The van der Waals surface area contributed by atoms with Gasteiger partial charge in [0.2, 0.25) is 0 Å². The first-order valence-electron chi connectivity index (χ1n) is 16.6. The van der Waals surface area contributed by atoms with E-state index < -0.39 is 25.3 Å². The van der Waals surface area contributed by atoms with Crippen molar-refractivity contribution < 1.29 is 52.8 Å². The van der Waals surface area contributed by atoms with Crippen molar-refractivity contribution in [1.29, 1.82) is 0 Å². The van der Waals surface area contributed by atoms with Crippen LogP contribution in [0.2, 0.25) is 5.02 Å². The second-order valence-corrected chi connectivity index (χ2v) is 12.5. The molecule has 1 heterocycles. The van der Waals surface area contributed by atoms with Gasteiger partial charge in [0.05, 0.1) is 16.8 Å². The standard InChI is InChI=1S/C35H36ClNO3S.Na/c1-34(2,40)30-9-4-3-7-25(30)13-17-32(41-23-35(18-19-35)22-33(38)39)27-8-5-6-24(20-27)10-15-29-16-12-26-11-14-28(36)21-31(26)37-29;/h3-12,14-16,20-21,32,40H,13,17-19,22-23H2,1-2H3,(H,38,39);/q;+1/p-1/t32-;/m1./s1/i1D3,2D3;. The fourth-order valence-electron chi connectivity index (χ4n) is 5.10. The van der Waals surface area contributed by atoms with Crippen LogP contribution in [-0.2, 0) is 16.8 Å². The number of aromatic nitrogens is 1. The number of carbonyl (C=O) groups is 1. The third kappa shape index (κ3) is 8.72. The van der Waals surface area contributed by atoms with Crippen molar-refractivity contribution in [1.82, 2.24) is 4.98 Å². The number of carbonyl (C=O) groups excluding carboxylic acids is 1. The molecule has 0 aliphatic heterocycles. The molecule has 42 heavy (non-hydrogen) atoms. The monoisotopic (exact) mass is 613 g/mol. The summed E-state index contributed by atoms with van der Waals surface area (Å²) in [7, 11) is 0. The number of pyridine rings is 1. The van der Waals surface area contributed by atoms with Gasteiger partial charge in [-0.25, -0.2) is 4.98 Å². The maximum Gasteiger partial charge on any atom is 1.00 e. The van der Waals surface area contributed by atoms with E-state index in [-0.39, 0.29) is 52.2 Å². The van der Waals surface area contributed by atoms with Gasteiger partial charge in [0, 0.05) is 29.9 Å². The Morgan fingerprint density at radius 2 is 1.90 bits per heavy atom. The predicted molar refractivity (Wildman–Crippen MR) is 169 cm³/mol. The number of rotatable bonds is 12. The van der Waals surface area contributed by atoms with Gasteiger partial charge in [-0.05, 0) is 104 Å². The number of aryl methyl sites for hydroxylation is 1. The van der Waals surface area contributed by atoms with Crippen molar-refractivity contribution in [2.75, 3.05) is 5.75 Å². The maximum atomic E-state index is 11.4. The summed E-state index contributed by atoms with van der Waals surface area (Å²) in [4.78, 5) is 16.1. The average Bonchev–Trinajstić information content (AvgIpc) is 3.77. The maximum absolute atomic E-state index is 11.4. The summed E-state index contributed by atoms with van der Waals surface area (Å²) >= 11 is 7.79. The number of nitrogens with zero attached hydrogens (tertiary/aromatic N) is 1. The SMILES string of the molecule is [2H]C([2H])([2H])C(O)(c1ccccc1CC[C@@H](SCC1(CC(=O)[O-])CC1)c1cccc(C=Cc2ccc3ccc(Cl)cc3n2)c1)C([2H])([2H])[2H].[Na+]. The van der Waals surface area contributed by atoms with E-state index in [9.17, 15) is 15.0 Å². The third-order valence-electron chi connectivity index (χ3n) is 7.55. The molecule has 5 rings (SSSR count). The molecule has 4 nitrogen and oxygen atoms in total. The van der Waals surface area contributed by atoms with Crippen LogP contribution in [0.3, 0.4) is 0 Å². The number of fused-ring (bicyclic) bond motifs is 1. The average molecular weight is 614 g/mol. The van der Waals surface area contributed by atoms with E-state index in [4.69, 9.17) is 24.8 Å². The van der Waals surface area contributed by atoms with Crippen LogP contribution in [0.15, 0.2) is 78.9 Å². The molecule has 0 saturated heterocycles. The van der Waals surface area contributed by atoms with E-state index in [0.717, 1.165) is 40.6 Å². The summed E-state index contributed by atoms with van der Waals surface area (Å²) < 4.78 is 47.7. The van der Waals surface area contributed by atoms with Crippen LogP contribution in [0.5, 0.6) is 0 Å². The van der Waals surface area contributed by atoms with Crippen molar-refractivity contribution in [3.8, 4) is 0 Å². The van der Waals surface area contributed by atoms with Gasteiger partial charge in [0.1, 0.15) is 0 Å². The molecule has 212 valence electrons. The topological polar surface area (TPSA) is 73.2 Å². The summed E-state index contributed by atoms with van der Waals surface area (Å²) in [6.45, 7) is -6.39. The minimum atomic E-state index is -3.20. The van der Waals surface area contributed by atoms with Crippen LogP contribution in [0, 0.1) is 5.41 Å². The van der Waals surface area contributed by atoms with E-state index >= 15 is 0 Å². The number of thioether (sulfide) groups is 1. The first-order valence-corrected chi connectivity index (χ1v) is 15.0. The molecule has 1 aromatic heterocycles. The largest absolute Gasteiger partial charge is 1.00 e. The van der Waals surface area contributed by atoms with Crippen molar-refractivity contribution >= 4 is 52.4 Å². The van der Waals surface area contributed by atoms with Gasteiger partial charge in [0.25, 0.3) is 0 Å². The first kappa shape index (κ1) is 25.2. The first-order chi connectivity index (χ1) is 22.1. The van der Waals surface area contributed by atoms with Gasteiger partial charge in [-0.3, -0.25) is 0 Å². The van der Waals surface area contributed by atoms with E-state index in [2.05, 4.69) is 6.07 Å². The summed E-state index contributed by atoms with van der Waals surface area (Å²) in [5.41, 5.74) is 0.405. The van der Waals surface area contributed by atoms with Crippen LogP contribution >= 0.6 is 23.4 Å². The summed E-state index contributed by atoms with van der Waals surface area (Å²) in [6.07, 6.45) is 6.26. The Labute approximate surface area is 288 Å². The minimum Gasteiger partial charge on any atom is -0.550 e. The Bertz CT molecular complexity index is 1780. The number of hydrogen-bond acceptors (Lipinski definition) is 5. The second-order valence-electron chi connectivity index (χ2n) is 10.8. The molecule has 0 amide bonds. The number of aliphatic hydroxyl groups is 1. The van der Waals surface area contributed by atoms with E-state index in [1.807, 2.05) is 60.7 Å². The summed E-state index contributed by atoms with van der Waals surface area (Å²) in [5, 5.41) is 24.2. The normalized spacial score (nSPS) is 17.7. The molecule has 1 atom stereocenters. The van der Waals surface area contributed by atoms with Crippen LogP contribution in [-0.4, -0.2) is 21.8 Å². The Morgan fingerprint density at radius 3 is 2.67 bits per heavy atom. The molecular weight excluding hydrogens is 573 g/mol. The van der Waals surface area contributed by atoms with Gasteiger partial charge in [0.15, 0.2) is 0 Å². The summed E-state index contributed by atoms with van der Waals surface area (Å²) in [5.74, 6) is -0.468. The molecule has 0 spiro atoms. The Hall–Kier alpha value is -2.12. The fourth-order valence-corrected chi connectivity index (χ4v) is 6.84. The molecule has 0 unspecified atom stereocenters. The van der Waals surface area contributed by atoms with Crippen LogP contribution < -0.4 is 34.7 Å².